The zero-order valence-electron chi connectivity index (χ0n) is 17.5. The van der Waals surface area contributed by atoms with Crippen LogP contribution in [-0.2, 0) is 16.1 Å². The first-order valence-electron chi connectivity index (χ1n) is 10.8. The van der Waals surface area contributed by atoms with Gasteiger partial charge in [-0.2, -0.15) is 0 Å². The average molecular weight is 438 g/mol. The van der Waals surface area contributed by atoms with E-state index in [0.29, 0.717) is 12.5 Å². The molecule has 0 aliphatic carbocycles. The van der Waals surface area contributed by atoms with Gasteiger partial charge in [-0.25, -0.2) is 0 Å². The molecular weight excluding hydrogens is 410 g/mol. The first kappa shape index (κ1) is 20.4. The normalized spacial score (nSPS) is 27.2. The number of carbonyl (C=O) groups is 1. The summed E-state index contributed by atoms with van der Waals surface area (Å²) in [5, 5.41) is 6.75. The summed E-state index contributed by atoms with van der Waals surface area (Å²) in [5.41, 5.74) is 2.29. The number of thioether (sulfide) groups is 1. The summed E-state index contributed by atoms with van der Waals surface area (Å²) in [6.45, 7) is 2.21. The highest BCUT2D eigenvalue weighted by atomic mass is 32.2. The van der Waals surface area contributed by atoms with Crippen molar-refractivity contribution in [1.29, 1.82) is 0 Å². The van der Waals surface area contributed by atoms with Crippen molar-refractivity contribution in [1.82, 2.24) is 15.6 Å². The van der Waals surface area contributed by atoms with Crippen LogP contribution in [0.4, 0.5) is 0 Å². The van der Waals surface area contributed by atoms with Gasteiger partial charge in [0.1, 0.15) is 11.5 Å². The highest BCUT2D eigenvalue weighted by molar-refractivity contribution is 8.09. The maximum absolute atomic E-state index is 13.0. The number of aromatic nitrogens is 1. The Bertz CT molecular complexity index is 964. The molecule has 0 radical (unpaired) electrons. The molecule has 1 aromatic heterocycles. The fourth-order valence-electron chi connectivity index (χ4n) is 4.88. The van der Waals surface area contributed by atoms with E-state index in [1.54, 1.807) is 31.3 Å². The first-order valence-corrected chi connectivity index (χ1v) is 11.7. The molecule has 1 aromatic carbocycles. The van der Waals surface area contributed by atoms with E-state index >= 15 is 0 Å². The quantitative estimate of drug-likeness (QED) is 0.723. The third-order valence-corrected chi connectivity index (χ3v) is 7.83. The number of piperidine rings is 1. The number of hydrogen-bond donors (Lipinski definition) is 2. The minimum atomic E-state index is -0.112. The zero-order valence-corrected chi connectivity index (χ0v) is 18.4. The van der Waals surface area contributed by atoms with Crippen molar-refractivity contribution in [3.05, 3.63) is 65.7 Å². The fourth-order valence-corrected chi connectivity index (χ4v) is 6.36. The SMILES string of the molecule is COc1ccc(CNCC2NC(=O)C3SC(c4ccncc4)=C4OCCCC2C43)cc1. The molecule has 2 saturated heterocycles. The fraction of sp³-hybridized carbons (Fsp3) is 0.417. The lowest BCUT2D eigenvalue weighted by Gasteiger charge is -2.39. The molecule has 162 valence electrons. The van der Waals surface area contributed by atoms with Crippen molar-refractivity contribution in [2.24, 2.45) is 11.8 Å². The molecular formula is C24H27N3O3S. The van der Waals surface area contributed by atoms with Gasteiger partial charge in [-0.05, 0) is 54.2 Å². The highest BCUT2D eigenvalue weighted by Crippen LogP contribution is 2.54. The summed E-state index contributed by atoms with van der Waals surface area (Å²) in [7, 11) is 1.67. The van der Waals surface area contributed by atoms with E-state index in [-0.39, 0.29) is 23.1 Å². The van der Waals surface area contributed by atoms with Gasteiger partial charge in [0.05, 0.1) is 23.9 Å². The number of allylic oxidation sites excluding steroid dienone is 1. The number of ether oxygens (including phenoxy) is 2. The monoisotopic (exact) mass is 437 g/mol. The van der Waals surface area contributed by atoms with Gasteiger partial charge < -0.3 is 20.1 Å². The van der Waals surface area contributed by atoms with E-state index in [0.717, 1.165) is 47.9 Å². The first-order chi connectivity index (χ1) is 15.2. The van der Waals surface area contributed by atoms with E-state index < -0.39 is 0 Å². The Morgan fingerprint density at radius 3 is 2.81 bits per heavy atom. The Morgan fingerprint density at radius 2 is 2.03 bits per heavy atom. The van der Waals surface area contributed by atoms with Crippen LogP contribution in [0.2, 0.25) is 0 Å². The largest absolute Gasteiger partial charge is 0.497 e. The van der Waals surface area contributed by atoms with Crippen LogP contribution in [0.15, 0.2) is 54.6 Å². The van der Waals surface area contributed by atoms with Crippen LogP contribution in [0, 0.1) is 11.8 Å². The number of amides is 1. The molecule has 31 heavy (non-hydrogen) atoms. The molecule has 5 rings (SSSR count). The van der Waals surface area contributed by atoms with Crippen molar-refractivity contribution in [2.75, 3.05) is 20.3 Å². The predicted octanol–water partition coefficient (Wildman–Crippen LogP) is 3.21. The van der Waals surface area contributed by atoms with Gasteiger partial charge in [-0.3, -0.25) is 9.78 Å². The topological polar surface area (TPSA) is 72.5 Å². The van der Waals surface area contributed by atoms with Crippen LogP contribution in [-0.4, -0.2) is 42.4 Å². The molecule has 6 nitrogen and oxygen atoms in total. The lowest BCUT2D eigenvalue weighted by molar-refractivity contribution is -0.125. The number of carbonyl (C=O) groups excluding carboxylic acids is 1. The molecule has 3 aliphatic heterocycles. The van der Waals surface area contributed by atoms with Crippen molar-refractivity contribution in [3.63, 3.8) is 0 Å². The van der Waals surface area contributed by atoms with Gasteiger partial charge in [-0.1, -0.05) is 12.1 Å². The van der Waals surface area contributed by atoms with Crippen LogP contribution in [0.25, 0.3) is 4.91 Å². The minimum Gasteiger partial charge on any atom is -0.497 e. The Hall–Kier alpha value is -2.51. The Labute approximate surface area is 186 Å². The zero-order chi connectivity index (χ0) is 21.2. The summed E-state index contributed by atoms with van der Waals surface area (Å²) in [6.07, 6.45) is 5.66. The van der Waals surface area contributed by atoms with Gasteiger partial charge in [0.2, 0.25) is 5.91 Å². The number of benzene rings is 1. The van der Waals surface area contributed by atoms with Crippen LogP contribution in [0.3, 0.4) is 0 Å². The van der Waals surface area contributed by atoms with Crippen molar-refractivity contribution in [3.8, 4) is 5.75 Å². The van der Waals surface area contributed by atoms with Crippen LogP contribution in [0.1, 0.15) is 24.0 Å². The van der Waals surface area contributed by atoms with Crippen LogP contribution >= 0.6 is 11.8 Å². The predicted molar refractivity (Wildman–Crippen MR) is 121 cm³/mol. The second kappa shape index (κ2) is 8.93. The van der Waals surface area contributed by atoms with E-state index in [1.807, 2.05) is 24.3 Å². The van der Waals surface area contributed by atoms with Crippen molar-refractivity contribution in [2.45, 2.75) is 30.7 Å². The van der Waals surface area contributed by atoms with Gasteiger partial charge in [-0.15, -0.1) is 11.8 Å². The third kappa shape index (κ3) is 4.04. The van der Waals surface area contributed by atoms with Gasteiger partial charge >= 0.3 is 0 Å². The molecule has 2 N–H and O–H groups in total. The number of pyridine rings is 1. The summed E-state index contributed by atoms with van der Waals surface area (Å²) in [6, 6.07) is 12.2. The maximum atomic E-state index is 13.0. The molecule has 4 heterocycles. The van der Waals surface area contributed by atoms with Crippen molar-refractivity contribution < 1.29 is 14.3 Å². The lowest BCUT2D eigenvalue weighted by atomic mass is 9.76. The molecule has 4 unspecified atom stereocenters. The van der Waals surface area contributed by atoms with Crippen molar-refractivity contribution >= 4 is 22.6 Å². The highest BCUT2D eigenvalue weighted by Gasteiger charge is 2.52. The van der Waals surface area contributed by atoms with E-state index in [9.17, 15) is 4.79 Å². The molecule has 7 heteroatoms. The van der Waals surface area contributed by atoms with E-state index in [2.05, 4.69) is 27.8 Å². The minimum absolute atomic E-state index is 0.0982. The smallest absolute Gasteiger partial charge is 0.234 e. The Balaban J connectivity index is 1.33. The van der Waals surface area contributed by atoms with Gasteiger partial charge in [0.25, 0.3) is 0 Å². The number of nitrogens with one attached hydrogen (secondary N) is 2. The number of rotatable bonds is 6. The van der Waals surface area contributed by atoms with Crippen LogP contribution < -0.4 is 15.4 Å². The molecule has 0 spiro atoms. The Morgan fingerprint density at radius 1 is 1.23 bits per heavy atom. The number of methoxy groups -OCH3 is 1. The van der Waals surface area contributed by atoms with E-state index in [4.69, 9.17) is 9.47 Å². The third-order valence-electron chi connectivity index (χ3n) is 6.40. The standard InChI is InChI=1S/C24H27N3O3S/c1-29-17-6-4-15(5-7-17)13-26-14-19-18-3-2-12-30-21-20(18)23(24(28)27-19)31-22(21)16-8-10-25-11-9-16/h4-11,18-20,23,26H,2-3,12-14H2,1H3,(H,27,28). The summed E-state index contributed by atoms with van der Waals surface area (Å²) < 4.78 is 11.5. The van der Waals surface area contributed by atoms with E-state index in [1.165, 1.54) is 5.56 Å². The molecule has 2 fully saturated rings. The molecule has 1 amide bonds. The summed E-state index contributed by atoms with van der Waals surface area (Å²) >= 11 is 1.65. The second-order valence-corrected chi connectivity index (χ2v) is 9.39. The molecule has 0 bridgehead atoms. The van der Waals surface area contributed by atoms with Gasteiger partial charge in [0, 0.05) is 37.4 Å². The number of hydrogen-bond acceptors (Lipinski definition) is 6. The lowest BCUT2D eigenvalue weighted by Crippen LogP contribution is -2.58. The summed E-state index contributed by atoms with van der Waals surface area (Å²) in [5.74, 6) is 2.50. The second-order valence-electron chi connectivity index (χ2n) is 8.24. The van der Waals surface area contributed by atoms with Crippen LogP contribution in [0.5, 0.6) is 5.75 Å². The van der Waals surface area contributed by atoms with Gasteiger partial charge in [0.15, 0.2) is 0 Å². The molecule has 4 atom stereocenters. The summed E-state index contributed by atoms with van der Waals surface area (Å²) in [4.78, 5) is 18.3. The maximum Gasteiger partial charge on any atom is 0.234 e. The molecule has 0 saturated carbocycles. The average Bonchev–Trinajstić information content (AvgIpc) is 3.05. The molecule has 3 aliphatic rings. The molecule has 2 aromatic rings. The number of nitrogens with zero attached hydrogens (tertiary/aromatic N) is 1. The Kier molecular flexibility index (Phi) is 5.87.